The molecule has 0 aromatic heterocycles. The number of carbonyl (C=O) groups excluding carboxylic acids is 10. The van der Waals surface area contributed by atoms with E-state index < -0.39 is 138 Å². The van der Waals surface area contributed by atoms with Crippen molar-refractivity contribution in [1.29, 1.82) is 0 Å². The monoisotopic (exact) mass is 1070 g/mol. The number of aliphatic hydroxyl groups excluding tert-OH is 3. The highest BCUT2D eigenvalue weighted by molar-refractivity contribution is 5.98. The van der Waals surface area contributed by atoms with Gasteiger partial charge in [0.25, 0.3) is 0 Å². The molecule has 1 aromatic carbocycles. The van der Waals surface area contributed by atoms with Gasteiger partial charge in [0.05, 0.1) is 42.2 Å². The molecule has 0 saturated carbocycles. The highest BCUT2D eigenvalue weighted by Crippen LogP contribution is 2.21. The molecule has 0 bridgehead atoms. The number of Topliss-reactive ketones (excluding diaryl/α,β-unsaturated/α-hetero) is 4. The van der Waals surface area contributed by atoms with Gasteiger partial charge in [-0.25, -0.2) is 0 Å². The van der Waals surface area contributed by atoms with Crippen LogP contribution in [0.15, 0.2) is 30.3 Å². The molecule has 2 rings (SSSR count). The lowest BCUT2D eigenvalue weighted by molar-refractivity contribution is -0.137. The molecule has 23 nitrogen and oxygen atoms in total. The predicted octanol–water partition coefficient (Wildman–Crippen LogP) is -1.77. The third-order valence-corrected chi connectivity index (χ3v) is 13.5. The third-order valence-electron chi connectivity index (χ3n) is 13.5. The first kappa shape index (κ1) is 66.6. The van der Waals surface area contributed by atoms with Crippen LogP contribution in [0.2, 0.25) is 0 Å². The van der Waals surface area contributed by atoms with Crippen molar-refractivity contribution < 1.29 is 63.3 Å². The van der Waals surface area contributed by atoms with E-state index in [1.807, 2.05) is 13.8 Å². The third kappa shape index (κ3) is 23.8. The maximum atomic E-state index is 14.5. The SMILES string of the molecule is CC(C)C[C@@H]1NC(=O)[C@@H](Cc2ccccc2)CC(=O)[C@H](CCN)NC(=O)[C@@H](CC(=O)[C@H](CCN)NC(=O)[C@@H](CC(=O)CCCCCO)C(C)O)CCNC(=O)[C@H](C(C)O)CC(=O)[C@H](CCN)NC(=O)[C@H](CCN)NC1=O. The highest BCUT2D eigenvalue weighted by Gasteiger charge is 2.37. The van der Waals surface area contributed by atoms with E-state index in [0.29, 0.717) is 24.8 Å². The van der Waals surface area contributed by atoms with Gasteiger partial charge in [-0.2, -0.15) is 0 Å². The van der Waals surface area contributed by atoms with E-state index in [4.69, 9.17) is 28.0 Å². The summed E-state index contributed by atoms with van der Waals surface area (Å²) in [5, 5.41) is 46.5. The van der Waals surface area contributed by atoms with Crippen LogP contribution in [0.3, 0.4) is 0 Å². The standard InChI is InChI=1S/C53H88N10O13/c1-31(2)25-44-53(76)62-43(17-22-57)52(75)61-42(16-21-56)47(70)30-39(33(4)66)50(73)58-23-18-35(27-45(68)41(15-20-55)60-51(74)38(32(3)65)29-37(67)13-9-6-10-24-64)48(71)59-40(14-19-54)46(69)28-36(49(72)63-44)26-34-11-7-5-8-12-34/h5,7-8,11-12,31-33,35-36,38-44,64-66H,6,9-10,13-30,54-57H2,1-4H3,(H,58,73)(H,59,71)(H,60,74)(H,61,75)(H,62,76)(H,63,72)/t32?,33?,35-,36+,38+,39+,40+,41+,42+,43+,44+/m1/s1. The van der Waals surface area contributed by atoms with Gasteiger partial charge < -0.3 is 70.2 Å². The summed E-state index contributed by atoms with van der Waals surface area (Å²) in [5.41, 5.74) is 24.3. The Morgan fingerprint density at radius 1 is 0.671 bits per heavy atom. The van der Waals surface area contributed by atoms with Gasteiger partial charge in [-0.05, 0) is 109 Å². The number of carbonyl (C=O) groups is 10. The summed E-state index contributed by atoms with van der Waals surface area (Å²) in [6.07, 6.45) is -3.48. The van der Waals surface area contributed by atoms with Crippen LogP contribution in [0, 0.1) is 29.6 Å². The molecular formula is C53H88N10O13. The lowest BCUT2D eigenvalue weighted by atomic mass is 9.89. The minimum atomic E-state index is -1.41. The number of rotatable bonds is 26. The number of hydrogen-bond donors (Lipinski definition) is 13. The van der Waals surface area contributed by atoms with E-state index in [9.17, 15) is 58.2 Å². The van der Waals surface area contributed by atoms with Crippen LogP contribution in [0.25, 0.3) is 0 Å². The van der Waals surface area contributed by atoms with Gasteiger partial charge >= 0.3 is 0 Å². The van der Waals surface area contributed by atoms with E-state index in [1.54, 1.807) is 30.3 Å². The van der Waals surface area contributed by atoms with Crippen LogP contribution >= 0.6 is 0 Å². The average molecular weight is 1070 g/mol. The van der Waals surface area contributed by atoms with E-state index >= 15 is 0 Å². The summed E-state index contributed by atoms with van der Waals surface area (Å²) < 4.78 is 0. The molecule has 1 aliphatic heterocycles. The number of aliphatic hydroxyl groups is 3. The van der Waals surface area contributed by atoms with E-state index in [2.05, 4.69) is 31.9 Å². The molecular weight excluding hydrogens is 985 g/mol. The summed E-state index contributed by atoms with van der Waals surface area (Å²) >= 11 is 0. The highest BCUT2D eigenvalue weighted by atomic mass is 16.3. The zero-order valence-electron chi connectivity index (χ0n) is 44.9. The number of unbranched alkanes of at least 4 members (excludes halogenated alkanes) is 2. The molecule has 2 unspecified atom stereocenters. The van der Waals surface area contributed by atoms with Gasteiger partial charge in [-0.1, -0.05) is 50.6 Å². The molecule has 23 heteroatoms. The second-order valence-electron chi connectivity index (χ2n) is 20.4. The van der Waals surface area contributed by atoms with Gasteiger partial charge in [-0.15, -0.1) is 0 Å². The Morgan fingerprint density at radius 2 is 1.22 bits per heavy atom. The quantitative estimate of drug-likeness (QED) is 0.0457. The fourth-order valence-electron chi connectivity index (χ4n) is 9.02. The normalized spacial score (nSPS) is 23.7. The molecule has 1 aromatic rings. The van der Waals surface area contributed by atoms with Gasteiger partial charge in [0.2, 0.25) is 35.4 Å². The Balaban J connectivity index is 2.71. The summed E-state index contributed by atoms with van der Waals surface area (Å²) in [6, 6.07) is 2.41. The average Bonchev–Trinajstić information content (AvgIpc) is 3.36. The number of amides is 6. The minimum Gasteiger partial charge on any atom is -0.396 e. The lowest BCUT2D eigenvalue weighted by Crippen LogP contribution is -2.57. The topological polar surface area (TPSA) is 408 Å². The maximum Gasteiger partial charge on any atom is 0.243 e. The lowest BCUT2D eigenvalue weighted by Gasteiger charge is -2.28. The first-order valence-corrected chi connectivity index (χ1v) is 26.8. The van der Waals surface area contributed by atoms with Crippen molar-refractivity contribution in [2.75, 3.05) is 39.3 Å². The van der Waals surface area contributed by atoms with Crippen LogP contribution in [0.4, 0.5) is 0 Å². The number of hydrogen-bond acceptors (Lipinski definition) is 17. The van der Waals surface area contributed by atoms with E-state index in [-0.39, 0.29) is 109 Å². The number of benzene rings is 1. The number of ketones is 4. The fourth-order valence-corrected chi connectivity index (χ4v) is 9.02. The van der Waals surface area contributed by atoms with Crippen molar-refractivity contribution in [3.05, 3.63) is 35.9 Å². The molecule has 17 N–H and O–H groups in total. The molecule has 0 spiro atoms. The van der Waals surface area contributed by atoms with Crippen molar-refractivity contribution in [1.82, 2.24) is 31.9 Å². The smallest absolute Gasteiger partial charge is 0.243 e. The Morgan fingerprint density at radius 3 is 1.79 bits per heavy atom. The molecule has 428 valence electrons. The molecule has 6 amide bonds. The number of nitrogens with two attached hydrogens (primary N) is 4. The zero-order valence-corrected chi connectivity index (χ0v) is 44.9. The van der Waals surface area contributed by atoms with Crippen LogP contribution < -0.4 is 54.8 Å². The second kappa shape index (κ2) is 35.7. The molecule has 0 radical (unpaired) electrons. The van der Waals surface area contributed by atoms with E-state index in [1.165, 1.54) is 13.8 Å². The first-order valence-electron chi connectivity index (χ1n) is 26.8. The van der Waals surface area contributed by atoms with Crippen molar-refractivity contribution in [3.63, 3.8) is 0 Å². The largest absolute Gasteiger partial charge is 0.396 e. The predicted molar refractivity (Wildman–Crippen MR) is 283 cm³/mol. The van der Waals surface area contributed by atoms with Crippen LogP contribution in [0.5, 0.6) is 0 Å². The molecule has 1 saturated heterocycles. The maximum absolute atomic E-state index is 14.5. The Labute approximate surface area is 446 Å². The van der Waals surface area contributed by atoms with Crippen molar-refractivity contribution in [2.45, 2.75) is 166 Å². The number of nitrogens with one attached hydrogen (secondary N) is 6. The van der Waals surface area contributed by atoms with Crippen LogP contribution in [-0.2, 0) is 54.4 Å². The van der Waals surface area contributed by atoms with Gasteiger partial charge in [0.1, 0.15) is 17.9 Å². The molecule has 1 heterocycles. The summed E-state index contributed by atoms with van der Waals surface area (Å²) in [6.45, 7) is 5.56. The van der Waals surface area contributed by atoms with Gasteiger partial charge in [0.15, 0.2) is 17.3 Å². The molecule has 1 fully saturated rings. The summed E-state index contributed by atoms with van der Waals surface area (Å²) in [4.78, 5) is 140. The van der Waals surface area contributed by atoms with Crippen LogP contribution in [-0.4, -0.2) is 156 Å². The van der Waals surface area contributed by atoms with E-state index in [0.717, 1.165) is 0 Å². The van der Waals surface area contributed by atoms with Crippen molar-refractivity contribution >= 4 is 58.6 Å². The van der Waals surface area contributed by atoms with Crippen molar-refractivity contribution in [3.8, 4) is 0 Å². The van der Waals surface area contributed by atoms with Crippen molar-refractivity contribution in [2.24, 2.45) is 52.5 Å². The zero-order chi connectivity index (χ0) is 56.9. The van der Waals surface area contributed by atoms with Gasteiger partial charge in [0, 0.05) is 57.1 Å². The molecule has 11 atom stereocenters. The Kier molecular flexibility index (Phi) is 31.3. The summed E-state index contributed by atoms with van der Waals surface area (Å²) in [5.74, 6) is -12.1. The fraction of sp³-hybridized carbons (Fsp3) is 0.698. The second-order valence-corrected chi connectivity index (χ2v) is 20.4. The van der Waals surface area contributed by atoms with Crippen LogP contribution in [0.1, 0.15) is 123 Å². The molecule has 76 heavy (non-hydrogen) atoms. The Bertz CT molecular complexity index is 2040. The van der Waals surface area contributed by atoms with Gasteiger partial charge in [-0.3, -0.25) is 47.9 Å². The molecule has 1 aliphatic rings. The minimum absolute atomic E-state index is 0.0275. The molecule has 0 aliphatic carbocycles. The summed E-state index contributed by atoms with van der Waals surface area (Å²) in [7, 11) is 0. The first-order chi connectivity index (χ1) is 36.1. The Hall–Kier alpha value is -5.56.